The Bertz CT molecular complexity index is 568. The Morgan fingerprint density at radius 2 is 2.17 bits per heavy atom. The van der Waals surface area contributed by atoms with Gasteiger partial charge in [0.05, 0.1) is 7.11 Å². The number of nitrogens with zero attached hydrogens (tertiary/aromatic N) is 1. The molecule has 0 radical (unpaired) electrons. The highest BCUT2D eigenvalue weighted by molar-refractivity contribution is 5.72. The normalized spacial score (nSPS) is 21.7. The van der Waals surface area contributed by atoms with Crippen molar-refractivity contribution in [1.29, 1.82) is 0 Å². The van der Waals surface area contributed by atoms with E-state index in [2.05, 4.69) is 16.3 Å². The monoisotopic (exact) mass is 332 g/mol. The second-order valence-electron chi connectivity index (χ2n) is 6.87. The van der Waals surface area contributed by atoms with E-state index >= 15 is 0 Å². The molecule has 0 aliphatic carbocycles. The van der Waals surface area contributed by atoms with Gasteiger partial charge in [0.25, 0.3) is 0 Å². The van der Waals surface area contributed by atoms with E-state index in [1.807, 2.05) is 12.1 Å². The number of ether oxygens (including phenoxy) is 2. The molecule has 24 heavy (non-hydrogen) atoms. The smallest absolute Gasteiger partial charge is 0.216 e. The van der Waals surface area contributed by atoms with Crippen molar-refractivity contribution in [2.45, 2.75) is 38.6 Å². The molecular formula is C19H28N2O3. The number of hydrogen-bond donors (Lipinski definition) is 1. The number of methoxy groups -OCH3 is 1. The van der Waals surface area contributed by atoms with E-state index in [0.29, 0.717) is 6.04 Å². The van der Waals surface area contributed by atoms with Gasteiger partial charge in [-0.05, 0) is 56.3 Å². The highest BCUT2D eigenvalue weighted by Gasteiger charge is 2.30. The molecule has 2 aliphatic heterocycles. The summed E-state index contributed by atoms with van der Waals surface area (Å²) >= 11 is 0. The average Bonchev–Trinajstić information content (AvgIpc) is 2.61. The molecule has 5 heteroatoms. The van der Waals surface area contributed by atoms with Crippen LogP contribution in [0.15, 0.2) is 18.2 Å². The summed E-state index contributed by atoms with van der Waals surface area (Å²) in [6, 6.07) is 6.60. The molecule has 2 heterocycles. The minimum Gasteiger partial charge on any atom is -0.493 e. The van der Waals surface area contributed by atoms with Gasteiger partial charge in [0.15, 0.2) is 11.5 Å². The molecule has 1 atom stereocenters. The van der Waals surface area contributed by atoms with Crippen molar-refractivity contribution < 1.29 is 14.3 Å². The van der Waals surface area contributed by atoms with Crippen molar-refractivity contribution >= 4 is 5.91 Å². The molecule has 1 amide bonds. The average molecular weight is 332 g/mol. The molecular weight excluding hydrogens is 304 g/mol. The lowest BCUT2D eigenvalue weighted by Crippen LogP contribution is -2.47. The third-order valence-corrected chi connectivity index (χ3v) is 5.25. The Kier molecular flexibility index (Phi) is 5.61. The third-order valence-electron chi connectivity index (χ3n) is 5.25. The SMILES string of the molecule is COc1cccc2c1OC[C@@H](N1CCC(CCNC(C)=O)CC1)C2. The van der Waals surface area contributed by atoms with Crippen LogP contribution in [0.3, 0.4) is 0 Å². The first kappa shape index (κ1) is 17.1. The number of carbonyl (C=O) groups excluding carboxylic acids is 1. The number of fused-ring (bicyclic) bond motifs is 1. The van der Waals surface area contributed by atoms with Crippen LogP contribution in [0.1, 0.15) is 31.7 Å². The summed E-state index contributed by atoms with van der Waals surface area (Å²) in [6.07, 6.45) is 4.54. The van der Waals surface area contributed by atoms with Crippen LogP contribution in [0.4, 0.5) is 0 Å². The standard InChI is InChI=1S/C19H28N2O3/c1-14(22)20-9-6-15-7-10-21(11-8-15)17-12-16-4-3-5-18(23-2)19(16)24-13-17/h3-5,15,17H,6-13H2,1-2H3,(H,20,22)/t17-/m0/s1. The zero-order chi connectivity index (χ0) is 16.9. The zero-order valence-corrected chi connectivity index (χ0v) is 14.7. The highest BCUT2D eigenvalue weighted by atomic mass is 16.5. The second-order valence-corrected chi connectivity index (χ2v) is 6.87. The van der Waals surface area contributed by atoms with Crippen LogP contribution >= 0.6 is 0 Å². The predicted octanol–water partition coefficient (Wildman–Crippen LogP) is 2.24. The van der Waals surface area contributed by atoms with Gasteiger partial charge in [-0.2, -0.15) is 0 Å². The van der Waals surface area contributed by atoms with Crippen molar-refractivity contribution in [3.63, 3.8) is 0 Å². The van der Waals surface area contributed by atoms with Gasteiger partial charge in [-0.1, -0.05) is 12.1 Å². The van der Waals surface area contributed by atoms with Crippen LogP contribution in [0.25, 0.3) is 0 Å². The molecule has 3 rings (SSSR count). The Hall–Kier alpha value is -1.75. The van der Waals surface area contributed by atoms with Gasteiger partial charge >= 0.3 is 0 Å². The number of piperidine rings is 1. The molecule has 1 aromatic rings. The fraction of sp³-hybridized carbons (Fsp3) is 0.632. The van der Waals surface area contributed by atoms with E-state index in [0.717, 1.165) is 56.5 Å². The lowest BCUT2D eigenvalue weighted by molar-refractivity contribution is -0.119. The van der Waals surface area contributed by atoms with Crippen LogP contribution in [0.2, 0.25) is 0 Å². The van der Waals surface area contributed by atoms with Crippen LogP contribution in [-0.2, 0) is 11.2 Å². The van der Waals surface area contributed by atoms with Gasteiger partial charge in [0.1, 0.15) is 6.61 Å². The maximum absolute atomic E-state index is 10.9. The van der Waals surface area contributed by atoms with Crippen LogP contribution in [0.5, 0.6) is 11.5 Å². The van der Waals surface area contributed by atoms with Gasteiger partial charge in [-0.15, -0.1) is 0 Å². The lowest BCUT2D eigenvalue weighted by atomic mass is 9.91. The van der Waals surface area contributed by atoms with Crippen LogP contribution in [0, 0.1) is 5.92 Å². The second kappa shape index (κ2) is 7.88. The van der Waals surface area contributed by atoms with E-state index in [9.17, 15) is 4.79 Å². The van der Waals surface area contributed by atoms with Crippen molar-refractivity contribution in [3.8, 4) is 11.5 Å². The first-order chi connectivity index (χ1) is 11.7. The molecule has 132 valence electrons. The first-order valence-electron chi connectivity index (χ1n) is 8.94. The van der Waals surface area contributed by atoms with Crippen LogP contribution < -0.4 is 14.8 Å². The van der Waals surface area contributed by atoms with Gasteiger partial charge in [0.2, 0.25) is 5.91 Å². The molecule has 1 N–H and O–H groups in total. The molecule has 2 aliphatic rings. The Balaban J connectivity index is 1.50. The summed E-state index contributed by atoms with van der Waals surface area (Å²) in [5, 5.41) is 2.90. The summed E-state index contributed by atoms with van der Waals surface area (Å²) in [5.41, 5.74) is 1.25. The summed E-state index contributed by atoms with van der Waals surface area (Å²) in [5.74, 6) is 2.55. The fourth-order valence-electron chi connectivity index (χ4n) is 3.83. The summed E-state index contributed by atoms with van der Waals surface area (Å²) < 4.78 is 11.4. The molecule has 0 aromatic heterocycles. The number of rotatable bonds is 5. The molecule has 0 saturated carbocycles. The number of amides is 1. The summed E-state index contributed by atoms with van der Waals surface area (Å²) in [7, 11) is 1.69. The maximum atomic E-state index is 10.9. The van der Waals surface area contributed by atoms with Crippen molar-refractivity contribution in [2.75, 3.05) is 33.4 Å². The molecule has 0 spiro atoms. The van der Waals surface area contributed by atoms with Gasteiger partial charge in [0, 0.05) is 19.5 Å². The highest BCUT2D eigenvalue weighted by Crippen LogP contribution is 2.36. The largest absolute Gasteiger partial charge is 0.493 e. The Labute approximate surface area is 144 Å². The number of para-hydroxylation sites is 1. The van der Waals surface area contributed by atoms with E-state index in [1.165, 1.54) is 18.4 Å². The minimum atomic E-state index is 0.0703. The van der Waals surface area contributed by atoms with Gasteiger partial charge < -0.3 is 14.8 Å². The van der Waals surface area contributed by atoms with Crippen molar-refractivity contribution in [3.05, 3.63) is 23.8 Å². The molecule has 0 bridgehead atoms. The molecule has 5 nitrogen and oxygen atoms in total. The van der Waals surface area contributed by atoms with Crippen molar-refractivity contribution in [1.82, 2.24) is 10.2 Å². The number of hydrogen-bond acceptors (Lipinski definition) is 4. The summed E-state index contributed by atoms with van der Waals surface area (Å²) in [6.45, 7) is 5.37. The van der Waals surface area contributed by atoms with E-state index in [-0.39, 0.29) is 5.91 Å². The molecule has 1 aromatic carbocycles. The zero-order valence-electron chi connectivity index (χ0n) is 14.7. The van der Waals surface area contributed by atoms with Gasteiger partial charge in [-0.25, -0.2) is 0 Å². The topological polar surface area (TPSA) is 50.8 Å². The number of nitrogens with one attached hydrogen (secondary N) is 1. The summed E-state index contributed by atoms with van der Waals surface area (Å²) in [4.78, 5) is 13.5. The van der Waals surface area contributed by atoms with E-state index in [4.69, 9.17) is 9.47 Å². The van der Waals surface area contributed by atoms with Crippen molar-refractivity contribution in [2.24, 2.45) is 5.92 Å². The van der Waals surface area contributed by atoms with E-state index in [1.54, 1.807) is 14.0 Å². The van der Waals surface area contributed by atoms with Crippen LogP contribution in [-0.4, -0.2) is 50.2 Å². The quantitative estimate of drug-likeness (QED) is 0.898. The molecule has 0 unspecified atom stereocenters. The lowest BCUT2D eigenvalue weighted by Gasteiger charge is -2.39. The number of likely N-dealkylation sites (tertiary alicyclic amines) is 1. The molecule has 1 saturated heterocycles. The number of benzene rings is 1. The fourth-order valence-corrected chi connectivity index (χ4v) is 3.83. The van der Waals surface area contributed by atoms with Gasteiger partial charge in [-0.3, -0.25) is 9.69 Å². The Morgan fingerprint density at radius 1 is 1.38 bits per heavy atom. The minimum absolute atomic E-state index is 0.0703. The Morgan fingerprint density at radius 3 is 2.88 bits per heavy atom. The molecule has 1 fully saturated rings. The predicted molar refractivity (Wildman–Crippen MR) is 93.6 cm³/mol. The maximum Gasteiger partial charge on any atom is 0.216 e. The first-order valence-corrected chi connectivity index (χ1v) is 8.94. The third kappa shape index (κ3) is 4.01. The van der Waals surface area contributed by atoms with E-state index < -0.39 is 0 Å². The number of carbonyl (C=O) groups is 1.